The molecule has 1 saturated carbocycles. The molecular weight excluding hydrogens is 464 g/mol. The molecule has 0 radical (unpaired) electrons. The Labute approximate surface area is 212 Å². The molecule has 3 rings (SSSR count). The topological polar surface area (TPSA) is 96.7 Å². The molecule has 192 valence electrons. The van der Waals surface area contributed by atoms with Crippen LogP contribution in [-0.2, 0) is 16.6 Å². The zero-order valence-corrected chi connectivity index (χ0v) is 22.0. The van der Waals surface area contributed by atoms with Crippen LogP contribution in [0.25, 0.3) is 0 Å². The van der Waals surface area contributed by atoms with E-state index in [2.05, 4.69) is 17.2 Å². The van der Waals surface area contributed by atoms with Gasteiger partial charge >= 0.3 is 6.09 Å². The third-order valence-electron chi connectivity index (χ3n) is 6.89. The first kappa shape index (κ1) is 27.1. The molecule has 1 fully saturated rings. The Hall–Kier alpha value is -2.52. The number of ether oxygens (including phenoxy) is 1. The molecule has 1 aliphatic rings. The van der Waals surface area contributed by atoms with E-state index in [-0.39, 0.29) is 6.04 Å². The summed E-state index contributed by atoms with van der Waals surface area (Å²) in [7, 11) is 3.29. The van der Waals surface area contributed by atoms with Crippen molar-refractivity contribution in [2.75, 3.05) is 12.9 Å². The van der Waals surface area contributed by atoms with E-state index >= 15 is 0 Å². The number of hydrogen-bond acceptors (Lipinski definition) is 6. The van der Waals surface area contributed by atoms with Gasteiger partial charge in [0.25, 0.3) is 5.91 Å². The summed E-state index contributed by atoms with van der Waals surface area (Å²) in [6.07, 6.45) is 6.48. The lowest BCUT2D eigenvalue weighted by Gasteiger charge is -2.53. The maximum absolute atomic E-state index is 13.2. The minimum Gasteiger partial charge on any atom is -0.453 e. The van der Waals surface area contributed by atoms with Crippen LogP contribution in [0.5, 0.6) is 0 Å². The average molecular weight is 503 g/mol. The van der Waals surface area contributed by atoms with E-state index in [0.717, 1.165) is 42.8 Å². The first-order valence-corrected chi connectivity index (χ1v) is 13.3. The van der Waals surface area contributed by atoms with Crippen LogP contribution in [0.2, 0.25) is 0 Å². The second kappa shape index (κ2) is 12.4. The van der Waals surface area contributed by atoms with Crippen LogP contribution in [0.4, 0.5) is 4.79 Å². The van der Waals surface area contributed by atoms with Crippen molar-refractivity contribution in [3.05, 3.63) is 48.3 Å². The molecular formula is C26H38N4O4S. The molecule has 9 heteroatoms. The van der Waals surface area contributed by atoms with Crippen LogP contribution in [0.1, 0.15) is 64.0 Å². The Morgan fingerprint density at radius 3 is 2.57 bits per heavy atom. The number of rotatable bonds is 12. The summed E-state index contributed by atoms with van der Waals surface area (Å²) >= 11 is 1.58. The molecule has 0 aliphatic heterocycles. The van der Waals surface area contributed by atoms with Gasteiger partial charge in [-0.05, 0) is 38.2 Å². The molecule has 2 aromatic rings. The number of benzene rings is 1. The fraction of sp³-hybridized carbons (Fsp3) is 0.577. The van der Waals surface area contributed by atoms with Gasteiger partial charge in [-0.15, -0.1) is 0 Å². The van der Waals surface area contributed by atoms with E-state index in [4.69, 9.17) is 4.74 Å². The molecule has 0 bridgehead atoms. The Balaban J connectivity index is 1.84. The molecule has 2 N–H and O–H groups in total. The van der Waals surface area contributed by atoms with Gasteiger partial charge in [0.1, 0.15) is 0 Å². The van der Waals surface area contributed by atoms with E-state index in [9.17, 15) is 14.7 Å². The number of aromatic nitrogens is 2. The standard InChI is InChI=1S/C26H38N4O4S/c1-5-6-13-21(22(31)23(32)28-19(2)20-11-8-7-9-12-20)30(25(33)34-4)26(14-10-15-26)18-35-24-27-16-17-29(24)3/h7-9,11-12,16-17,19,21-22,31H,5-6,10,13-15,18H2,1-4H3,(H,28,32)/t19-,21+,22?/m1/s1. The van der Waals surface area contributed by atoms with E-state index in [1.54, 1.807) is 22.9 Å². The summed E-state index contributed by atoms with van der Waals surface area (Å²) < 4.78 is 7.16. The molecule has 1 unspecified atom stereocenters. The number of imidazole rings is 1. The third kappa shape index (κ3) is 6.38. The lowest BCUT2D eigenvalue weighted by molar-refractivity contribution is -0.136. The van der Waals surface area contributed by atoms with Gasteiger partial charge in [-0.3, -0.25) is 9.69 Å². The fourth-order valence-electron chi connectivity index (χ4n) is 4.65. The number of aryl methyl sites for hydroxylation is 1. The second-order valence-corrected chi connectivity index (χ2v) is 10.3. The summed E-state index contributed by atoms with van der Waals surface area (Å²) in [6.45, 7) is 3.94. The number of unbranched alkanes of at least 4 members (excludes halogenated alkanes) is 1. The summed E-state index contributed by atoms with van der Waals surface area (Å²) in [5.74, 6) is 0.132. The molecule has 1 heterocycles. The third-order valence-corrected chi connectivity index (χ3v) is 8.22. The van der Waals surface area contributed by atoms with Gasteiger partial charge in [0.2, 0.25) is 0 Å². The molecule has 0 saturated heterocycles. The largest absolute Gasteiger partial charge is 0.453 e. The molecule has 3 atom stereocenters. The minimum absolute atomic E-state index is 0.270. The van der Waals surface area contributed by atoms with E-state index in [1.165, 1.54) is 7.11 Å². The number of thioether (sulfide) groups is 1. The predicted molar refractivity (Wildman–Crippen MR) is 137 cm³/mol. The first-order chi connectivity index (χ1) is 16.8. The van der Waals surface area contributed by atoms with E-state index in [0.29, 0.717) is 12.2 Å². The molecule has 2 amide bonds. The fourth-order valence-corrected chi connectivity index (χ4v) is 5.87. The van der Waals surface area contributed by atoms with Crippen molar-refractivity contribution in [1.82, 2.24) is 19.8 Å². The van der Waals surface area contributed by atoms with E-state index in [1.807, 2.05) is 55.1 Å². The van der Waals surface area contributed by atoms with Crippen molar-refractivity contribution in [2.24, 2.45) is 7.05 Å². The maximum Gasteiger partial charge on any atom is 0.410 e. The lowest BCUT2D eigenvalue weighted by atomic mass is 9.75. The minimum atomic E-state index is -1.37. The van der Waals surface area contributed by atoms with Crippen LogP contribution < -0.4 is 5.32 Å². The average Bonchev–Trinajstić information content (AvgIpc) is 3.26. The molecule has 1 aliphatic carbocycles. The zero-order chi connectivity index (χ0) is 25.4. The second-order valence-electron chi connectivity index (χ2n) is 9.32. The van der Waals surface area contributed by atoms with Crippen molar-refractivity contribution >= 4 is 23.8 Å². The van der Waals surface area contributed by atoms with Gasteiger partial charge in [0.05, 0.1) is 24.7 Å². The van der Waals surface area contributed by atoms with Crippen molar-refractivity contribution in [2.45, 2.75) is 81.3 Å². The van der Waals surface area contributed by atoms with Crippen molar-refractivity contribution in [1.29, 1.82) is 0 Å². The molecule has 1 aromatic carbocycles. The number of methoxy groups -OCH3 is 1. The highest BCUT2D eigenvalue weighted by Gasteiger charge is 2.51. The Morgan fingerprint density at radius 2 is 2.03 bits per heavy atom. The predicted octanol–water partition coefficient (Wildman–Crippen LogP) is 4.30. The quantitative estimate of drug-likeness (QED) is 0.420. The highest BCUT2D eigenvalue weighted by Crippen LogP contribution is 2.44. The van der Waals surface area contributed by atoms with Gasteiger partial charge in [-0.2, -0.15) is 0 Å². The number of carbonyl (C=O) groups is 2. The number of nitrogens with zero attached hydrogens (tertiary/aromatic N) is 3. The molecule has 1 aromatic heterocycles. The van der Waals surface area contributed by atoms with Crippen molar-refractivity contribution in [3.63, 3.8) is 0 Å². The summed E-state index contributed by atoms with van der Waals surface area (Å²) in [6, 6.07) is 8.66. The first-order valence-electron chi connectivity index (χ1n) is 12.3. The summed E-state index contributed by atoms with van der Waals surface area (Å²) in [4.78, 5) is 32.5. The summed E-state index contributed by atoms with van der Waals surface area (Å²) in [5.41, 5.74) is 0.443. The van der Waals surface area contributed by atoms with Crippen LogP contribution in [0.3, 0.4) is 0 Å². The number of amides is 2. The zero-order valence-electron chi connectivity index (χ0n) is 21.1. The smallest absolute Gasteiger partial charge is 0.410 e. The summed E-state index contributed by atoms with van der Waals surface area (Å²) in [5, 5.41) is 15.1. The van der Waals surface area contributed by atoms with Gasteiger partial charge in [-0.1, -0.05) is 61.9 Å². The number of carbonyl (C=O) groups excluding carboxylic acids is 2. The van der Waals surface area contributed by atoms with Crippen molar-refractivity contribution < 1.29 is 19.4 Å². The molecule has 0 spiro atoms. The highest BCUT2D eigenvalue weighted by molar-refractivity contribution is 7.99. The number of hydrogen-bond donors (Lipinski definition) is 2. The Kier molecular flexibility index (Phi) is 9.63. The van der Waals surface area contributed by atoms with Crippen LogP contribution in [-0.4, -0.2) is 62.1 Å². The molecule has 8 nitrogen and oxygen atoms in total. The van der Waals surface area contributed by atoms with Gasteiger partial charge in [-0.25, -0.2) is 9.78 Å². The SMILES string of the molecule is CCCC[C@@H](C(O)C(=O)N[C@H](C)c1ccccc1)N(C(=O)OC)C1(CSc2nccn2C)CCC1. The monoisotopic (exact) mass is 502 g/mol. The maximum atomic E-state index is 13.2. The van der Waals surface area contributed by atoms with Crippen LogP contribution in [0, 0.1) is 0 Å². The van der Waals surface area contributed by atoms with Gasteiger partial charge in [0.15, 0.2) is 11.3 Å². The van der Waals surface area contributed by atoms with Crippen molar-refractivity contribution in [3.8, 4) is 0 Å². The normalized spacial score (nSPS) is 17.1. The van der Waals surface area contributed by atoms with Crippen LogP contribution >= 0.6 is 11.8 Å². The highest BCUT2D eigenvalue weighted by atomic mass is 32.2. The van der Waals surface area contributed by atoms with E-state index < -0.39 is 29.7 Å². The lowest BCUT2D eigenvalue weighted by Crippen LogP contribution is -2.65. The Bertz CT molecular complexity index is 963. The van der Waals surface area contributed by atoms with Gasteiger partial charge in [0, 0.05) is 25.2 Å². The number of aliphatic hydroxyl groups is 1. The molecule has 35 heavy (non-hydrogen) atoms. The Morgan fingerprint density at radius 1 is 1.31 bits per heavy atom. The number of nitrogens with one attached hydrogen (secondary N) is 1. The number of aliphatic hydroxyl groups excluding tert-OH is 1. The van der Waals surface area contributed by atoms with Crippen LogP contribution in [0.15, 0.2) is 47.9 Å². The van der Waals surface area contributed by atoms with Gasteiger partial charge < -0.3 is 19.7 Å².